The van der Waals surface area contributed by atoms with Crippen molar-refractivity contribution in [3.8, 4) is 5.75 Å². The molecule has 0 spiro atoms. The van der Waals surface area contributed by atoms with Crippen molar-refractivity contribution in [3.63, 3.8) is 0 Å². The molecule has 0 aliphatic rings. The summed E-state index contributed by atoms with van der Waals surface area (Å²) in [5.74, 6) is -0.492. The van der Waals surface area contributed by atoms with Crippen LogP contribution in [0.4, 0.5) is 5.69 Å². The smallest absolute Gasteiger partial charge is 0.338 e. The average molecular weight is 370 g/mol. The lowest BCUT2D eigenvalue weighted by Gasteiger charge is -2.09. The van der Waals surface area contributed by atoms with Gasteiger partial charge in [0.1, 0.15) is 12.4 Å². The summed E-state index contributed by atoms with van der Waals surface area (Å²) in [5.41, 5.74) is 1.96. The minimum Gasteiger partial charge on any atom is -0.492 e. The normalized spacial score (nSPS) is 10.0. The number of ether oxygens (including phenoxy) is 2. The van der Waals surface area contributed by atoms with Crippen LogP contribution in [0.3, 0.4) is 0 Å². The van der Waals surface area contributed by atoms with Crippen molar-refractivity contribution in [1.29, 1.82) is 0 Å². The lowest BCUT2D eigenvalue weighted by molar-refractivity contribution is -0.124. The molecule has 2 aromatic rings. The second-order valence-electron chi connectivity index (χ2n) is 5.85. The van der Waals surface area contributed by atoms with Gasteiger partial charge in [0.25, 0.3) is 5.91 Å². The van der Waals surface area contributed by atoms with Gasteiger partial charge in [-0.1, -0.05) is 12.1 Å². The van der Waals surface area contributed by atoms with E-state index in [1.165, 1.54) is 19.1 Å². The molecular formula is C20H22N2O5. The average Bonchev–Trinajstić information content (AvgIpc) is 2.63. The molecule has 0 aromatic heterocycles. The number of rotatable bonds is 8. The molecule has 0 heterocycles. The van der Waals surface area contributed by atoms with Crippen molar-refractivity contribution >= 4 is 23.5 Å². The Morgan fingerprint density at radius 1 is 1.04 bits per heavy atom. The van der Waals surface area contributed by atoms with E-state index < -0.39 is 11.9 Å². The number of amides is 2. The first kappa shape index (κ1) is 20.0. The summed E-state index contributed by atoms with van der Waals surface area (Å²) in [6.07, 6.45) is 0. The van der Waals surface area contributed by atoms with Crippen molar-refractivity contribution in [1.82, 2.24) is 5.32 Å². The molecule has 2 N–H and O–H groups in total. The van der Waals surface area contributed by atoms with Gasteiger partial charge >= 0.3 is 5.97 Å². The third-order valence-electron chi connectivity index (χ3n) is 3.46. The maximum absolute atomic E-state index is 11.9. The minimum atomic E-state index is -0.615. The zero-order valence-electron chi connectivity index (χ0n) is 15.3. The molecule has 2 rings (SSSR count). The van der Waals surface area contributed by atoms with Gasteiger partial charge in [-0.25, -0.2) is 4.79 Å². The molecule has 0 fully saturated rings. The number of hydrogen-bond donors (Lipinski definition) is 2. The summed E-state index contributed by atoms with van der Waals surface area (Å²) in [6.45, 7) is 3.60. The van der Waals surface area contributed by atoms with E-state index in [0.717, 1.165) is 11.3 Å². The Kier molecular flexibility index (Phi) is 7.37. The number of anilines is 1. The van der Waals surface area contributed by atoms with Crippen LogP contribution in [0.15, 0.2) is 48.5 Å². The molecule has 2 aromatic carbocycles. The van der Waals surface area contributed by atoms with Gasteiger partial charge in [0.15, 0.2) is 6.61 Å². The van der Waals surface area contributed by atoms with E-state index >= 15 is 0 Å². The summed E-state index contributed by atoms with van der Waals surface area (Å²) in [7, 11) is 0. The van der Waals surface area contributed by atoms with Crippen LogP contribution in [0.1, 0.15) is 22.8 Å². The van der Waals surface area contributed by atoms with Crippen molar-refractivity contribution in [2.75, 3.05) is 25.1 Å². The Morgan fingerprint density at radius 3 is 2.44 bits per heavy atom. The van der Waals surface area contributed by atoms with Crippen LogP contribution in [0, 0.1) is 6.92 Å². The van der Waals surface area contributed by atoms with Crippen LogP contribution in [0.5, 0.6) is 5.75 Å². The SMILES string of the molecule is CC(=O)Nc1ccc(C(=O)OCC(=O)NCCOc2cccc(C)c2)cc1. The fourth-order valence-corrected chi connectivity index (χ4v) is 2.22. The molecule has 7 nitrogen and oxygen atoms in total. The lowest BCUT2D eigenvalue weighted by Crippen LogP contribution is -2.32. The third kappa shape index (κ3) is 7.19. The Balaban J connectivity index is 1.67. The number of benzene rings is 2. The molecule has 0 aliphatic heterocycles. The van der Waals surface area contributed by atoms with Crippen molar-refractivity contribution < 1.29 is 23.9 Å². The van der Waals surface area contributed by atoms with Crippen LogP contribution < -0.4 is 15.4 Å². The Bertz CT molecular complexity index is 802. The predicted molar refractivity (Wildman–Crippen MR) is 101 cm³/mol. The van der Waals surface area contributed by atoms with Gasteiger partial charge in [0.05, 0.1) is 12.1 Å². The Labute approximate surface area is 157 Å². The third-order valence-corrected chi connectivity index (χ3v) is 3.46. The molecule has 7 heteroatoms. The van der Waals surface area contributed by atoms with Crippen molar-refractivity contribution in [2.24, 2.45) is 0 Å². The zero-order chi connectivity index (χ0) is 19.6. The monoisotopic (exact) mass is 370 g/mol. The van der Waals surface area contributed by atoms with Gasteiger partial charge in [0, 0.05) is 12.6 Å². The first-order valence-corrected chi connectivity index (χ1v) is 8.45. The summed E-state index contributed by atoms with van der Waals surface area (Å²) < 4.78 is 10.5. The van der Waals surface area contributed by atoms with Gasteiger partial charge in [-0.2, -0.15) is 0 Å². The largest absolute Gasteiger partial charge is 0.492 e. The van der Waals surface area contributed by atoms with E-state index in [4.69, 9.17) is 9.47 Å². The number of aryl methyl sites for hydroxylation is 1. The van der Waals surface area contributed by atoms with Gasteiger partial charge in [-0.05, 0) is 48.9 Å². The fraction of sp³-hybridized carbons (Fsp3) is 0.250. The number of hydrogen-bond acceptors (Lipinski definition) is 5. The zero-order valence-corrected chi connectivity index (χ0v) is 15.3. The number of carbonyl (C=O) groups is 3. The van der Waals surface area contributed by atoms with Gasteiger partial charge in [-0.15, -0.1) is 0 Å². The summed E-state index contributed by atoms with van der Waals surface area (Å²) >= 11 is 0. The maximum Gasteiger partial charge on any atom is 0.338 e. The summed E-state index contributed by atoms with van der Waals surface area (Å²) in [6, 6.07) is 13.8. The maximum atomic E-state index is 11.9. The van der Waals surface area contributed by atoms with Crippen LogP contribution in [0.2, 0.25) is 0 Å². The van der Waals surface area contributed by atoms with Gasteiger partial charge in [-0.3, -0.25) is 9.59 Å². The molecule has 0 atom stereocenters. The highest BCUT2D eigenvalue weighted by molar-refractivity contribution is 5.93. The molecule has 0 aliphatic carbocycles. The van der Waals surface area contributed by atoms with E-state index in [1.807, 2.05) is 31.2 Å². The number of esters is 1. The molecule has 0 radical (unpaired) electrons. The molecule has 0 bridgehead atoms. The second kappa shape index (κ2) is 9.96. The first-order chi connectivity index (χ1) is 12.9. The van der Waals surface area contributed by atoms with Crippen LogP contribution in [-0.2, 0) is 14.3 Å². The topological polar surface area (TPSA) is 93.7 Å². The standard InChI is InChI=1S/C20H22N2O5/c1-14-4-3-5-18(12-14)26-11-10-21-19(24)13-27-20(25)16-6-8-17(9-7-16)22-15(2)23/h3-9,12H,10-11,13H2,1-2H3,(H,21,24)(H,22,23). The second-order valence-corrected chi connectivity index (χ2v) is 5.85. The predicted octanol–water partition coefficient (Wildman–Crippen LogP) is 2.31. The van der Waals surface area contributed by atoms with Crippen LogP contribution >= 0.6 is 0 Å². The van der Waals surface area contributed by atoms with E-state index in [0.29, 0.717) is 24.4 Å². The lowest BCUT2D eigenvalue weighted by atomic mass is 10.2. The molecule has 0 unspecified atom stereocenters. The molecule has 27 heavy (non-hydrogen) atoms. The van der Waals surface area contributed by atoms with Gasteiger partial charge < -0.3 is 20.1 Å². The highest BCUT2D eigenvalue weighted by Crippen LogP contribution is 2.12. The minimum absolute atomic E-state index is 0.201. The van der Waals surface area contributed by atoms with Crippen molar-refractivity contribution in [3.05, 3.63) is 59.7 Å². The molecule has 0 saturated heterocycles. The Morgan fingerprint density at radius 2 is 1.78 bits per heavy atom. The van der Waals surface area contributed by atoms with E-state index in [-0.39, 0.29) is 12.5 Å². The van der Waals surface area contributed by atoms with Crippen LogP contribution in [0.25, 0.3) is 0 Å². The van der Waals surface area contributed by atoms with E-state index in [1.54, 1.807) is 12.1 Å². The highest BCUT2D eigenvalue weighted by Gasteiger charge is 2.10. The molecule has 0 saturated carbocycles. The van der Waals surface area contributed by atoms with Crippen molar-refractivity contribution in [2.45, 2.75) is 13.8 Å². The van der Waals surface area contributed by atoms with Crippen LogP contribution in [-0.4, -0.2) is 37.5 Å². The Hall–Kier alpha value is -3.35. The fourth-order valence-electron chi connectivity index (χ4n) is 2.22. The first-order valence-electron chi connectivity index (χ1n) is 8.45. The molecule has 2 amide bonds. The van der Waals surface area contributed by atoms with E-state index in [2.05, 4.69) is 10.6 Å². The molecular weight excluding hydrogens is 348 g/mol. The number of nitrogens with one attached hydrogen (secondary N) is 2. The van der Waals surface area contributed by atoms with E-state index in [9.17, 15) is 14.4 Å². The summed E-state index contributed by atoms with van der Waals surface area (Å²) in [5, 5.41) is 5.21. The number of carbonyl (C=O) groups excluding carboxylic acids is 3. The summed E-state index contributed by atoms with van der Waals surface area (Å²) in [4.78, 5) is 34.6. The quantitative estimate of drug-likeness (QED) is 0.549. The molecule has 142 valence electrons. The van der Waals surface area contributed by atoms with Gasteiger partial charge in [0.2, 0.25) is 5.91 Å². The highest BCUT2D eigenvalue weighted by atomic mass is 16.5.